The fourth-order valence-corrected chi connectivity index (χ4v) is 3.09. The second-order valence-electron chi connectivity index (χ2n) is 6.34. The highest BCUT2D eigenvalue weighted by atomic mass is 16.5. The van der Waals surface area contributed by atoms with Crippen LogP contribution < -0.4 is 15.8 Å². The van der Waals surface area contributed by atoms with E-state index in [9.17, 15) is 9.59 Å². The molecule has 1 fully saturated rings. The zero-order valence-corrected chi connectivity index (χ0v) is 14.8. The number of rotatable bonds is 3. The van der Waals surface area contributed by atoms with Crippen molar-refractivity contribution in [2.75, 3.05) is 36.5 Å². The summed E-state index contributed by atoms with van der Waals surface area (Å²) in [6, 6.07) is 7.73. The number of carbonyl (C=O) groups is 1. The molecular formula is C19H23N3O3. The smallest absolute Gasteiger partial charge is 0.273 e. The largest absolute Gasteiger partial charge is 0.378 e. The van der Waals surface area contributed by atoms with Gasteiger partial charge in [0, 0.05) is 44.5 Å². The molecule has 0 unspecified atom stereocenters. The van der Waals surface area contributed by atoms with Gasteiger partial charge in [0.05, 0.1) is 13.2 Å². The second kappa shape index (κ2) is 7.11. The number of aromatic nitrogens is 1. The lowest BCUT2D eigenvalue weighted by Gasteiger charge is -2.29. The Morgan fingerprint density at radius 2 is 1.92 bits per heavy atom. The molecule has 1 N–H and O–H groups in total. The molecule has 0 saturated carbocycles. The van der Waals surface area contributed by atoms with Crippen molar-refractivity contribution in [2.24, 2.45) is 7.05 Å². The van der Waals surface area contributed by atoms with Crippen molar-refractivity contribution in [2.45, 2.75) is 13.8 Å². The summed E-state index contributed by atoms with van der Waals surface area (Å²) in [5, 5.41) is 2.81. The van der Waals surface area contributed by atoms with Crippen molar-refractivity contribution in [3.05, 3.63) is 46.4 Å². The number of pyridine rings is 1. The Labute approximate surface area is 147 Å². The van der Waals surface area contributed by atoms with Gasteiger partial charge >= 0.3 is 0 Å². The van der Waals surface area contributed by atoms with Crippen LogP contribution in [0.5, 0.6) is 0 Å². The number of anilines is 2. The van der Waals surface area contributed by atoms with E-state index in [4.69, 9.17) is 4.74 Å². The number of nitrogens with one attached hydrogen (secondary N) is 1. The predicted octanol–water partition coefficient (Wildman–Crippen LogP) is 2.16. The van der Waals surface area contributed by atoms with Gasteiger partial charge in [0.2, 0.25) is 5.91 Å². The molecular weight excluding hydrogens is 318 g/mol. The molecule has 1 saturated heterocycles. The number of carbonyl (C=O) groups excluding carboxylic acids is 1. The molecule has 0 bridgehead atoms. The van der Waals surface area contributed by atoms with E-state index in [0.29, 0.717) is 32.0 Å². The lowest BCUT2D eigenvalue weighted by molar-refractivity contribution is -0.114. The maximum atomic E-state index is 12.6. The molecule has 2 heterocycles. The Morgan fingerprint density at radius 1 is 1.20 bits per heavy atom. The molecule has 0 radical (unpaired) electrons. The van der Waals surface area contributed by atoms with Gasteiger partial charge in [-0.15, -0.1) is 0 Å². The molecule has 0 spiro atoms. The third kappa shape index (κ3) is 3.74. The van der Waals surface area contributed by atoms with Crippen LogP contribution in [-0.4, -0.2) is 36.8 Å². The number of hydrogen-bond donors (Lipinski definition) is 1. The Balaban J connectivity index is 2.07. The number of ether oxygens (including phenoxy) is 1. The summed E-state index contributed by atoms with van der Waals surface area (Å²) < 4.78 is 7.00. The molecule has 6 heteroatoms. The molecule has 132 valence electrons. The lowest BCUT2D eigenvalue weighted by atomic mass is 10.0. The lowest BCUT2D eigenvalue weighted by Crippen LogP contribution is -2.40. The minimum Gasteiger partial charge on any atom is -0.378 e. The summed E-state index contributed by atoms with van der Waals surface area (Å²) in [5.41, 5.74) is 4.45. The summed E-state index contributed by atoms with van der Waals surface area (Å²) >= 11 is 0. The van der Waals surface area contributed by atoms with Crippen molar-refractivity contribution in [3.63, 3.8) is 0 Å². The molecule has 1 aliphatic rings. The minimum absolute atomic E-state index is 0.0127. The fourth-order valence-electron chi connectivity index (χ4n) is 3.09. The number of morpholine rings is 1. The van der Waals surface area contributed by atoms with E-state index in [1.54, 1.807) is 11.6 Å². The SMILES string of the molecule is CC(=O)Nc1ccc(C)c(-c2cc(N3CCOCC3)c(=O)n(C)c2)c1. The van der Waals surface area contributed by atoms with Gasteiger partial charge < -0.3 is 19.5 Å². The van der Waals surface area contributed by atoms with Crippen molar-refractivity contribution in [1.29, 1.82) is 0 Å². The third-order valence-electron chi connectivity index (χ3n) is 4.39. The zero-order valence-electron chi connectivity index (χ0n) is 14.8. The van der Waals surface area contributed by atoms with Crippen LogP contribution in [0.1, 0.15) is 12.5 Å². The zero-order chi connectivity index (χ0) is 18.0. The number of amides is 1. The average molecular weight is 341 g/mol. The van der Waals surface area contributed by atoms with Crippen LogP contribution in [0, 0.1) is 6.92 Å². The van der Waals surface area contributed by atoms with E-state index in [1.807, 2.05) is 37.4 Å². The number of aryl methyl sites for hydroxylation is 2. The normalized spacial score (nSPS) is 14.4. The highest BCUT2D eigenvalue weighted by Gasteiger charge is 2.17. The van der Waals surface area contributed by atoms with Crippen molar-refractivity contribution < 1.29 is 9.53 Å². The molecule has 3 rings (SSSR count). The number of hydrogen-bond acceptors (Lipinski definition) is 4. The quantitative estimate of drug-likeness (QED) is 0.929. The molecule has 25 heavy (non-hydrogen) atoms. The van der Waals surface area contributed by atoms with Crippen LogP contribution >= 0.6 is 0 Å². The highest BCUT2D eigenvalue weighted by molar-refractivity contribution is 5.90. The third-order valence-corrected chi connectivity index (χ3v) is 4.39. The Hall–Kier alpha value is -2.60. The van der Waals surface area contributed by atoms with E-state index in [1.165, 1.54) is 6.92 Å². The molecule has 2 aromatic rings. The summed E-state index contributed by atoms with van der Waals surface area (Å²) in [4.78, 5) is 26.0. The Morgan fingerprint density at radius 3 is 2.60 bits per heavy atom. The summed E-state index contributed by atoms with van der Waals surface area (Å²) in [6.07, 6.45) is 1.84. The van der Waals surface area contributed by atoms with Gasteiger partial charge in [0.25, 0.3) is 5.56 Å². The van der Waals surface area contributed by atoms with Crippen molar-refractivity contribution >= 4 is 17.3 Å². The van der Waals surface area contributed by atoms with Crippen LogP contribution in [0.25, 0.3) is 11.1 Å². The molecule has 1 aliphatic heterocycles. The van der Waals surface area contributed by atoms with Gasteiger partial charge in [0.15, 0.2) is 0 Å². The van der Waals surface area contributed by atoms with E-state index >= 15 is 0 Å². The van der Waals surface area contributed by atoms with Crippen molar-refractivity contribution in [1.82, 2.24) is 4.57 Å². The van der Waals surface area contributed by atoms with E-state index < -0.39 is 0 Å². The summed E-state index contributed by atoms with van der Waals surface area (Å²) in [5.74, 6) is -0.107. The molecule has 0 aliphatic carbocycles. The predicted molar refractivity (Wildman–Crippen MR) is 99.2 cm³/mol. The Bertz CT molecular complexity index is 851. The van der Waals surface area contributed by atoms with Crippen LogP contribution in [0.4, 0.5) is 11.4 Å². The van der Waals surface area contributed by atoms with E-state index in [0.717, 1.165) is 22.4 Å². The molecule has 1 aromatic heterocycles. The first-order valence-electron chi connectivity index (χ1n) is 8.37. The number of nitrogens with zero attached hydrogens (tertiary/aromatic N) is 2. The first kappa shape index (κ1) is 17.2. The van der Waals surface area contributed by atoms with E-state index in [2.05, 4.69) is 10.2 Å². The van der Waals surface area contributed by atoms with Crippen LogP contribution in [0.3, 0.4) is 0 Å². The van der Waals surface area contributed by atoms with Gasteiger partial charge in [-0.2, -0.15) is 0 Å². The second-order valence-corrected chi connectivity index (χ2v) is 6.34. The van der Waals surface area contributed by atoms with Crippen LogP contribution in [0.2, 0.25) is 0 Å². The standard InChI is InChI=1S/C19H23N3O3/c1-13-4-5-16(20-14(2)23)11-17(13)15-10-18(19(24)21(3)12-15)22-6-8-25-9-7-22/h4-5,10-12H,6-9H2,1-3H3,(H,20,23). The maximum absolute atomic E-state index is 12.6. The van der Waals surface area contributed by atoms with Crippen LogP contribution in [0.15, 0.2) is 35.3 Å². The minimum atomic E-state index is -0.107. The fraction of sp³-hybridized carbons (Fsp3) is 0.368. The maximum Gasteiger partial charge on any atom is 0.273 e. The summed E-state index contributed by atoms with van der Waals surface area (Å²) in [6.45, 7) is 6.19. The Kier molecular flexibility index (Phi) is 4.90. The molecule has 0 atom stereocenters. The van der Waals surface area contributed by atoms with E-state index in [-0.39, 0.29) is 11.5 Å². The monoisotopic (exact) mass is 341 g/mol. The summed E-state index contributed by atoms with van der Waals surface area (Å²) in [7, 11) is 1.77. The van der Waals surface area contributed by atoms with Gasteiger partial charge in [-0.3, -0.25) is 9.59 Å². The average Bonchev–Trinajstić information content (AvgIpc) is 2.59. The van der Waals surface area contributed by atoms with Gasteiger partial charge in [-0.1, -0.05) is 6.07 Å². The van der Waals surface area contributed by atoms with Gasteiger partial charge in [0.1, 0.15) is 5.69 Å². The molecule has 1 aromatic carbocycles. The topological polar surface area (TPSA) is 63.6 Å². The highest BCUT2D eigenvalue weighted by Crippen LogP contribution is 2.28. The first-order chi connectivity index (χ1) is 12.0. The molecule has 1 amide bonds. The van der Waals surface area contributed by atoms with Gasteiger partial charge in [-0.05, 0) is 36.2 Å². The van der Waals surface area contributed by atoms with Crippen LogP contribution in [-0.2, 0) is 16.6 Å². The van der Waals surface area contributed by atoms with Gasteiger partial charge in [-0.25, -0.2) is 0 Å². The number of benzene rings is 1. The van der Waals surface area contributed by atoms with Crippen molar-refractivity contribution in [3.8, 4) is 11.1 Å². The molecule has 6 nitrogen and oxygen atoms in total. The first-order valence-corrected chi connectivity index (χ1v) is 8.37.